The van der Waals surface area contributed by atoms with Gasteiger partial charge in [0.1, 0.15) is 17.6 Å². The van der Waals surface area contributed by atoms with Gasteiger partial charge >= 0.3 is 5.97 Å². The third-order valence-corrected chi connectivity index (χ3v) is 2.95. The molecule has 0 bridgehead atoms. The van der Waals surface area contributed by atoms with Gasteiger partial charge in [-0.25, -0.2) is 9.18 Å². The van der Waals surface area contributed by atoms with Gasteiger partial charge in [0.25, 0.3) is 0 Å². The number of amides is 1. The van der Waals surface area contributed by atoms with Gasteiger partial charge in [0, 0.05) is 12.5 Å². The largest absolute Gasteiger partial charge is 0.493 e. The van der Waals surface area contributed by atoms with Crippen molar-refractivity contribution in [2.45, 2.75) is 39.2 Å². The van der Waals surface area contributed by atoms with E-state index in [1.54, 1.807) is 12.1 Å². The monoisotopic (exact) mass is 311 g/mol. The summed E-state index contributed by atoms with van der Waals surface area (Å²) in [5, 5.41) is 11.5. The molecule has 0 unspecified atom stereocenters. The molecule has 0 heterocycles. The molecule has 1 atom stereocenters. The molecular weight excluding hydrogens is 289 g/mol. The lowest BCUT2D eigenvalue weighted by Gasteiger charge is -2.16. The molecule has 0 aliphatic rings. The van der Waals surface area contributed by atoms with Gasteiger partial charge in [0.05, 0.1) is 6.61 Å². The van der Waals surface area contributed by atoms with Crippen LogP contribution in [0.1, 0.15) is 33.1 Å². The van der Waals surface area contributed by atoms with Crippen molar-refractivity contribution < 1.29 is 23.8 Å². The molecule has 0 aliphatic heterocycles. The van der Waals surface area contributed by atoms with Crippen LogP contribution >= 0.6 is 0 Å². The van der Waals surface area contributed by atoms with Crippen molar-refractivity contribution in [1.82, 2.24) is 5.32 Å². The smallest absolute Gasteiger partial charge is 0.326 e. The number of rotatable bonds is 9. The third-order valence-electron chi connectivity index (χ3n) is 2.95. The van der Waals surface area contributed by atoms with Gasteiger partial charge < -0.3 is 15.2 Å². The lowest BCUT2D eigenvalue weighted by molar-refractivity contribution is -0.142. The summed E-state index contributed by atoms with van der Waals surface area (Å²) < 4.78 is 18.2. The number of hydrogen-bond acceptors (Lipinski definition) is 3. The van der Waals surface area contributed by atoms with E-state index >= 15 is 0 Å². The normalized spacial score (nSPS) is 12.0. The number of nitrogens with one attached hydrogen (secondary N) is 1. The van der Waals surface area contributed by atoms with Gasteiger partial charge in [-0.05, 0) is 30.9 Å². The zero-order chi connectivity index (χ0) is 16.5. The molecule has 1 rings (SSSR count). The van der Waals surface area contributed by atoms with E-state index in [1.165, 1.54) is 12.1 Å². The molecule has 0 fully saturated rings. The zero-order valence-electron chi connectivity index (χ0n) is 12.8. The molecule has 122 valence electrons. The van der Waals surface area contributed by atoms with Crippen LogP contribution in [0.4, 0.5) is 4.39 Å². The van der Waals surface area contributed by atoms with Crippen LogP contribution in [-0.4, -0.2) is 29.6 Å². The van der Waals surface area contributed by atoms with Gasteiger partial charge in [-0.2, -0.15) is 0 Å². The molecule has 5 nitrogen and oxygen atoms in total. The van der Waals surface area contributed by atoms with Crippen LogP contribution < -0.4 is 10.1 Å². The molecule has 1 aromatic rings. The average molecular weight is 311 g/mol. The van der Waals surface area contributed by atoms with E-state index in [4.69, 9.17) is 9.84 Å². The highest BCUT2D eigenvalue weighted by molar-refractivity contribution is 5.83. The second-order valence-electron chi connectivity index (χ2n) is 5.50. The lowest BCUT2D eigenvalue weighted by Crippen LogP contribution is -2.41. The van der Waals surface area contributed by atoms with E-state index in [-0.39, 0.29) is 30.7 Å². The maximum Gasteiger partial charge on any atom is 0.326 e. The first-order valence-electron chi connectivity index (χ1n) is 7.29. The molecule has 0 saturated heterocycles. The standard InChI is InChI=1S/C16H22FNO4/c1-11(2)9-14(16(20)21)18-15(19)7-4-8-22-13-6-3-5-12(17)10-13/h3,5-6,10-11,14H,4,7-9H2,1-2H3,(H,18,19)(H,20,21)/t14-/m1/s1. The molecule has 0 aliphatic carbocycles. The van der Waals surface area contributed by atoms with E-state index in [2.05, 4.69) is 5.32 Å². The zero-order valence-corrected chi connectivity index (χ0v) is 12.8. The topological polar surface area (TPSA) is 75.6 Å². The predicted octanol–water partition coefficient (Wildman–Crippen LogP) is 2.60. The summed E-state index contributed by atoms with van der Waals surface area (Å²) in [6, 6.07) is 4.90. The fourth-order valence-electron chi connectivity index (χ4n) is 1.94. The molecule has 0 aromatic heterocycles. The Hall–Kier alpha value is -2.11. The SMILES string of the molecule is CC(C)C[C@@H](NC(=O)CCCOc1cccc(F)c1)C(=O)O. The molecule has 0 spiro atoms. The van der Waals surface area contributed by atoms with E-state index in [1.807, 2.05) is 13.8 Å². The van der Waals surface area contributed by atoms with E-state index < -0.39 is 12.0 Å². The minimum atomic E-state index is -1.03. The van der Waals surface area contributed by atoms with Crippen molar-refractivity contribution in [3.05, 3.63) is 30.1 Å². The summed E-state index contributed by atoms with van der Waals surface area (Å²) in [4.78, 5) is 22.8. The summed E-state index contributed by atoms with van der Waals surface area (Å²) in [5.74, 6) is -1.15. The maximum absolute atomic E-state index is 12.9. The van der Waals surface area contributed by atoms with Crippen LogP contribution in [0, 0.1) is 11.7 Å². The van der Waals surface area contributed by atoms with Crippen LogP contribution in [0.5, 0.6) is 5.75 Å². The molecule has 1 aromatic carbocycles. The molecule has 6 heteroatoms. The fraction of sp³-hybridized carbons (Fsp3) is 0.500. The van der Waals surface area contributed by atoms with Gasteiger partial charge in [-0.3, -0.25) is 4.79 Å². The maximum atomic E-state index is 12.9. The van der Waals surface area contributed by atoms with Crippen LogP contribution in [0.25, 0.3) is 0 Å². The van der Waals surface area contributed by atoms with Crippen molar-refractivity contribution in [3.63, 3.8) is 0 Å². The molecule has 0 radical (unpaired) electrons. The molecule has 2 N–H and O–H groups in total. The predicted molar refractivity (Wildman–Crippen MR) is 80.2 cm³/mol. The highest BCUT2D eigenvalue weighted by Gasteiger charge is 2.20. The van der Waals surface area contributed by atoms with E-state index in [0.717, 1.165) is 0 Å². The molecule has 1 amide bonds. The van der Waals surface area contributed by atoms with Crippen LogP contribution in [-0.2, 0) is 9.59 Å². The van der Waals surface area contributed by atoms with Crippen molar-refractivity contribution >= 4 is 11.9 Å². The summed E-state index contributed by atoms with van der Waals surface area (Å²) in [7, 11) is 0. The van der Waals surface area contributed by atoms with E-state index in [9.17, 15) is 14.0 Å². The Labute approximate surface area is 129 Å². The Balaban J connectivity index is 2.29. The summed E-state index contributed by atoms with van der Waals surface area (Å²) >= 11 is 0. The van der Waals surface area contributed by atoms with Gasteiger partial charge in [-0.1, -0.05) is 19.9 Å². The second-order valence-corrected chi connectivity index (χ2v) is 5.50. The number of hydrogen-bond donors (Lipinski definition) is 2. The Morgan fingerprint density at radius 3 is 2.68 bits per heavy atom. The minimum Gasteiger partial charge on any atom is -0.493 e. The number of halogens is 1. The first kappa shape index (κ1) is 17.9. The Kier molecular flexibility index (Phi) is 7.36. The lowest BCUT2D eigenvalue weighted by atomic mass is 10.0. The van der Waals surface area contributed by atoms with Crippen LogP contribution in [0.3, 0.4) is 0 Å². The van der Waals surface area contributed by atoms with Crippen molar-refractivity contribution in [2.75, 3.05) is 6.61 Å². The van der Waals surface area contributed by atoms with Crippen molar-refractivity contribution in [2.24, 2.45) is 5.92 Å². The van der Waals surface area contributed by atoms with Crippen LogP contribution in [0.15, 0.2) is 24.3 Å². The summed E-state index contributed by atoms with van der Waals surface area (Å²) in [6.45, 7) is 4.06. The molecule has 0 saturated carbocycles. The Morgan fingerprint density at radius 2 is 2.09 bits per heavy atom. The number of aliphatic carboxylic acids is 1. The first-order chi connectivity index (χ1) is 10.4. The summed E-state index contributed by atoms with van der Waals surface area (Å²) in [5.41, 5.74) is 0. The van der Waals surface area contributed by atoms with Crippen molar-refractivity contribution in [3.8, 4) is 5.75 Å². The number of ether oxygens (including phenoxy) is 1. The highest BCUT2D eigenvalue weighted by atomic mass is 19.1. The highest BCUT2D eigenvalue weighted by Crippen LogP contribution is 2.12. The number of carbonyl (C=O) groups excluding carboxylic acids is 1. The van der Waals surface area contributed by atoms with Gasteiger partial charge in [0.15, 0.2) is 0 Å². The third kappa shape index (κ3) is 7.06. The number of carbonyl (C=O) groups is 2. The van der Waals surface area contributed by atoms with Crippen molar-refractivity contribution in [1.29, 1.82) is 0 Å². The number of benzene rings is 1. The Morgan fingerprint density at radius 1 is 1.36 bits per heavy atom. The average Bonchev–Trinajstić information content (AvgIpc) is 2.42. The number of carboxylic acid groups (broad SMARTS) is 1. The second kappa shape index (κ2) is 9.02. The van der Waals surface area contributed by atoms with Crippen LogP contribution in [0.2, 0.25) is 0 Å². The van der Waals surface area contributed by atoms with Gasteiger partial charge in [-0.15, -0.1) is 0 Å². The molecule has 22 heavy (non-hydrogen) atoms. The Bertz CT molecular complexity index is 505. The summed E-state index contributed by atoms with van der Waals surface area (Å²) in [6.07, 6.45) is 0.981. The first-order valence-corrected chi connectivity index (χ1v) is 7.29. The molecular formula is C16H22FNO4. The quantitative estimate of drug-likeness (QED) is 0.687. The van der Waals surface area contributed by atoms with E-state index in [0.29, 0.717) is 18.6 Å². The number of carboxylic acids is 1. The minimum absolute atomic E-state index is 0.164. The van der Waals surface area contributed by atoms with Gasteiger partial charge in [0.2, 0.25) is 5.91 Å². The fourth-order valence-corrected chi connectivity index (χ4v) is 1.94.